The molecule has 1 rings (SSSR count). The molecule has 0 heterocycles. The quantitative estimate of drug-likeness (QED) is 0.739. The number of aliphatic carboxylic acids is 1. The predicted molar refractivity (Wildman–Crippen MR) is 69.3 cm³/mol. The van der Waals surface area contributed by atoms with E-state index in [1.165, 1.54) is 16.8 Å². The summed E-state index contributed by atoms with van der Waals surface area (Å²) in [7, 11) is 4.76. The minimum atomic E-state index is -0.963. The van der Waals surface area contributed by atoms with Gasteiger partial charge in [0.15, 0.2) is 0 Å². The topological polar surface area (TPSA) is 77.9 Å². The Labute approximate surface area is 112 Å². The molecule has 1 N–H and O–H groups in total. The lowest BCUT2D eigenvalue weighted by atomic mass is 9.82. The Morgan fingerprint density at radius 1 is 1.11 bits per heavy atom. The molecule has 0 bridgehead atoms. The highest BCUT2D eigenvalue weighted by atomic mass is 16.4. The van der Waals surface area contributed by atoms with Gasteiger partial charge in [-0.2, -0.15) is 0 Å². The van der Waals surface area contributed by atoms with Crippen molar-refractivity contribution in [1.29, 1.82) is 0 Å². The fraction of sp³-hybridized carbons (Fsp3) is 0.615. The zero-order valence-electron chi connectivity index (χ0n) is 11.5. The standard InChI is InChI=1S/C13H20N2O4/c1-14(2)11(16)8-15(3)12(17)9-6-4-5-7-10(9)13(18)19/h4-5,9-10H,6-8H2,1-3H3,(H,18,19)/t9-,10+/m1/s1. The van der Waals surface area contributed by atoms with Crippen LogP contribution in [0.15, 0.2) is 12.2 Å². The monoisotopic (exact) mass is 268 g/mol. The number of nitrogens with zero attached hydrogens (tertiary/aromatic N) is 2. The third-order valence-electron chi connectivity index (χ3n) is 3.31. The molecule has 0 aliphatic heterocycles. The summed E-state index contributed by atoms with van der Waals surface area (Å²) in [5.41, 5.74) is 0. The van der Waals surface area contributed by atoms with Crippen molar-refractivity contribution in [2.24, 2.45) is 11.8 Å². The molecule has 0 radical (unpaired) electrons. The molecule has 19 heavy (non-hydrogen) atoms. The summed E-state index contributed by atoms with van der Waals surface area (Å²) in [6.07, 6.45) is 4.38. The number of amides is 2. The van der Waals surface area contributed by atoms with E-state index in [0.717, 1.165) is 0 Å². The van der Waals surface area contributed by atoms with Crippen LogP contribution in [0.5, 0.6) is 0 Å². The highest BCUT2D eigenvalue weighted by molar-refractivity contribution is 5.88. The summed E-state index contributed by atoms with van der Waals surface area (Å²) in [6, 6.07) is 0. The van der Waals surface area contributed by atoms with E-state index in [-0.39, 0.29) is 18.4 Å². The molecule has 2 amide bonds. The molecule has 2 atom stereocenters. The average molecular weight is 268 g/mol. The first-order valence-corrected chi connectivity index (χ1v) is 6.17. The Kier molecular flexibility index (Phi) is 5.09. The van der Waals surface area contributed by atoms with Gasteiger partial charge in [-0.1, -0.05) is 12.2 Å². The molecule has 6 heteroatoms. The lowest BCUT2D eigenvalue weighted by Gasteiger charge is -2.28. The molecular formula is C13H20N2O4. The molecule has 0 saturated carbocycles. The van der Waals surface area contributed by atoms with E-state index >= 15 is 0 Å². The Balaban J connectivity index is 2.72. The number of hydrogen-bond acceptors (Lipinski definition) is 3. The fourth-order valence-corrected chi connectivity index (χ4v) is 2.07. The fourth-order valence-electron chi connectivity index (χ4n) is 2.07. The number of carbonyl (C=O) groups excluding carboxylic acids is 2. The number of allylic oxidation sites excluding steroid dienone is 2. The predicted octanol–water partition coefficient (Wildman–Crippen LogP) is 0.200. The highest BCUT2D eigenvalue weighted by Gasteiger charge is 2.35. The minimum Gasteiger partial charge on any atom is -0.481 e. The Bertz CT molecular complexity index is 403. The van der Waals surface area contributed by atoms with Crippen molar-refractivity contribution in [3.05, 3.63) is 12.2 Å². The van der Waals surface area contributed by atoms with Gasteiger partial charge in [0.2, 0.25) is 11.8 Å². The summed E-state index contributed by atoms with van der Waals surface area (Å²) in [5, 5.41) is 9.13. The van der Waals surface area contributed by atoms with Crippen LogP contribution in [0.2, 0.25) is 0 Å². The van der Waals surface area contributed by atoms with Gasteiger partial charge in [0.05, 0.1) is 18.4 Å². The van der Waals surface area contributed by atoms with E-state index in [1.54, 1.807) is 20.2 Å². The van der Waals surface area contributed by atoms with Crippen LogP contribution >= 0.6 is 0 Å². The number of carbonyl (C=O) groups is 3. The van der Waals surface area contributed by atoms with Gasteiger partial charge < -0.3 is 14.9 Å². The van der Waals surface area contributed by atoms with Gasteiger partial charge in [-0.15, -0.1) is 0 Å². The maximum absolute atomic E-state index is 12.2. The van der Waals surface area contributed by atoms with Gasteiger partial charge in [0, 0.05) is 21.1 Å². The molecule has 1 aliphatic rings. The first-order chi connectivity index (χ1) is 8.84. The molecule has 106 valence electrons. The second-order valence-corrected chi connectivity index (χ2v) is 4.98. The summed E-state index contributed by atoms with van der Waals surface area (Å²) < 4.78 is 0. The average Bonchev–Trinajstić information content (AvgIpc) is 2.37. The lowest BCUT2D eigenvalue weighted by Crippen LogP contribution is -2.44. The van der Waals surface area contributed by atoms with Crippen molar-refractivity contribution in [2.45, 2.75) is 12.8 Å². The van der Waals surface area contributed by atoms with Crippen LogP contribution in [0.4, 0.5) is 0 Å². The number of rotatable bonds is 4. The summed E-state index contributed by atoms with van der Waals surface area (Å²) in [4.78, 5) is 37.6. The van der Waals surface area contributed by atoms with E-state index in [4.69, 9.17) is 5.11 Å². The molecule has 0 spiro atoms. The van der Waals surface area contributed by atoms with Crippen molar-refractivity contribution < 1.29 is 19.5 Å². The third kappa shape index (κ3) is 3.81. The van der Waals surface area contributed by atoms with Crippen LogP contribution in [0, 0.1) is 11.8 Å². The van der Waals surface area contributed by atoms with E-state index in [2.05, 4.69) is 0 Å². The molecule has 1 aliphatic carbocycles. The summed E-state index contributed by atoms with van der Waals surface area (Å²) in [5.74, 6) is -2.71. The van der Waals surface area contributed by atoms with E-state index in [0.29, 0.717) is 12.8 Å². The van der Waals surface area contributed by atoms with Crippen molar-refractivity contribution >= 4 is 17.8 Å². The Morgan fingerprint density at radius 3 is 2.11 bits per heavy atom. The van der Waals surface area contributed by atoms with Crippen molar-refractivity contribution in [2.75, 3.05) is 27.7 Å². The summed E-state index contributed by atoms with van der Waals surface area (Å²) in [6.45, 7) is -0.0294. The lowest BCUT2D eigenvalue weighted by molar-refractivity contribution is -0.151. The largest absolute Gasteiger partial charge is 0.481 e. The second-order valence-electron chi connectivity index (χ2n) is 4.98. The first kappa shape index (κ1) is 15.2. The Morgan fingerprint density at radius 2 is 1.63 bits per heavy atom. The molecule has 0 unspecified atom stereocenters. The van der Waals surface area contributed by atoms with Gasteiger partial charge in [0.25, 0.3) is 0 Å². The van der Waals surface area contributed by atoms with Crippen LogP contribution in [-0.4, -0.2) is 60.4 Å². The minimum absolute atomic E-state index is 0.0294. The Hall–Kier alpha value is -1.85. The molecule has 0 aromatic carbocycles. The first-order valence-electron chi connectivity index (χ1n) is 6.17. The zero-order valence-corrected chi connectivity index (χ0v) is 11.5. The van der Waals surface area contributed by atoms with Crippen molar-refractivity contribution in [3.8, 4) is 0 Å². The van der Waals surface area contributed by atoms with Crippen LogP contribution in [-0.2, 0) is 14.4 Å². The molecule has 0 aromatic rings. The van der Waals surface area contributed by atoms with E-state index in [1.807, 2.05) is 6.08 Å². The van der Waals surface area contributed by atoms with Crippen molar-refractivity contribution in [3.63, 3.8) is 0 Å². The maximum atomic E-state index is 12.2. The zero-order chi connectivity index (χ0) is 14.6. The van der Waals surface area contributed by atoms with Gasteiger partial charge in [0.1, 0.15) is 0 Å². The SMILES string of the molecule is CN(C)C(=O)CN(C)C(=O)[C@@H]1CC=CC[C@@H]1C(=O)O. The van der Waals surface area contributed by atoms with Crippen LogP contribution in [0.3, 0.4) is 0 Å². The van der Waals surface area contributed by atoms with Gasteiger partial charge in [-0.25, -0.2) is 0 Å². The normalized spacial score (nSPS) is 21.8. The van der Waals surface area contributed by atoms with Crippen LogP contribution in [0.1, 0.15) is 12.8 Å². The van der Waals surface area contributed by atoms with Gasteiger partial charge in [-0.05, 0) is 12.8 Å². The van der Waals surface area contributed by atoms with Crippen LogP contribution in [0.25, 0.3) is 0 Å². The third-order valence-corrected chi connectivity index (χ3v) is 3.31. The number of carboxylic acids is 1. The van der Waals surface area contributed by atoms with E-state index in [9.17, 15) is 14.4 Å². The van der Waals surface area contributed by atoms with Gasteiger partial charge >= 0.3 is 5.97 Å². The molecule has 0 aromatic heterocycles. The number of hydrogen-bond donors (Lipinski definition) is 1. The van der Waals surface area contributed by atoms with E-state index < -0.39 is 17.8 Å². The molecular weight excluding hydrogens is 248 g/mol. The number of carboxylic acid groups (broad SMARTS) is 1. The smallest absolute Gasteiger partial charge is 0.307 e. The second kappa shape index (κ2) is 6.36. The molecule has 6 nitrogen and oxygen atoms in total. The van der Waals surface area contributed by atoms with Gasteiger partial charge in [-0.3, -0.25) is 14.4 Å². The number of likely N-dealkylation sites (N-methyl/N-ethyl adjacent to an activating group) is 2. The highest BCUT2D eigenvalue weighted by Crippen LogP contribution is 2.27. The molecule has 0 saturated heterocycles. The molecule has 0 fully saturated rings. The maximum Gasteiger partial charge on any atom is 0.307 e. The van der Waals surface area contributed by atoms with Crippen molar-refractivity contribution in [1.82, 2.24) is 9.80 Å². The van der Waals surface area contributed by atoms with Crippen LogP contribution < -0.4 is 0 Å². The summed E-state index contributed by atoms with van der Waals surface area (Å²) >= 11 is 0.